The van der Waals surface area contributed by atoms with Crippen molar-refractivity contribution in [3.63, 3.8) is 0 Å². The van der Waals surface area contributed by atoms with Crippen molar-refractivity contribution in [3.8, 4) is 11.5 Å². The lowest BCUT2D eigenvalue weighted by Crippen LogP contribution is -2.22. The van der Waals surface area contributed by atoms with Gasteiger partial charge in [-0.25, -0.2) is 4.98 Å². The first-order chi connectivity index (χ1) is 14.0. The number of anilines is 2. The van der Waals surface area contributed by atoms with Crippen molar-refractivity contribution < 1.29 is 14.3 Å². The number of carbonyl (C=O) groups is 1. The van der Waals surface area contributed by atoms with Crippen LogP contribution in [0.1, 0.15) is 29.8 Å². The van der Waals surface area contributed by atoms with E-state index in [9.17, 15) is 4.79 Å². The van der Waals surface area contributed by atoms with Crippen molar-refractivity contribution in [3.05, 3.63) is 78.0 Å². The lowest BCUT2D eigenvalue weighted by atomic mass is 10.2. The Morgan fingerprint density at radius 1 is 0.966 bits per heavy atom. The van der Waals surface area contributed by atoms with Gasteiger partial charge in [0, 0.05) is 18.4 Å². The zero-order chi connectivity index (χ0) is 20.6. The zero-order valence-electron chi connectivity index (χ0n) is 16.8. The lowest BCUT2D eigenvalue weighted by molar-refractivity contribution is 0.0950. The number of nitrogens with zero attached hydrogens (tertiary/aromatic N) is 1. The van der Waals surface area contributed by atoms with Crippen molar-refractivity contribution in [1.82, 2.24) is 10.3 Å². The van der Waals surface area contributed by atoms with Crippen LogP contribution in [0.4, 0.5) is 11.5 Å². The normalized spacial score (nSPS) is 10.5. The van der Waals surface area contributed by atoms with Crippen molar-refractivity contribution in [1.29, 1.82) is 0 Å². The van der Waals surface area contributed by atoms with Gasteiger partial charge in [-0.15, -0.1) is 0 Å². The Bertz CT molecular complexity index is 921. The number of hydrogen-bond donors (Lipinski definition) is 2. The first-order valence-corrected chi connectivity index (χ1v) is 9.44. The van der Waals surface area contributed by atoms with Crippen molar-refractivity contribution in [2.24, 2.45) is 0 Å². The summed E-state index contributed by atoms with van der Waals surface area (Å²) in [7, 11) is 1.62. The molecular weight excluding hydrogens is 366 g/mol. The van der Waals surface area contributed by atoms with Gasteiger partial charge in [-0.3, -0.25) is 4.79 Å². The summed E-state index contributed by atoms with van der Waals surface area (Å²) in [6, 6.07) is 18.8. The third-order valence-corrected chi connectivity index (χ3v) is 4.14. The Morgan fingerprint density at radius 3 is 2.24 bits per heavy atom. The van der Waals surface area contributed by atoms with Crippen LogP contribution in [0.5, 0.6) is 11.5 Å². The number of benzene rings is 2. The number of pyridine rings is 1. The molecule has 6 heteroatoms. The van der Waals surface area contributed by atoms with Gasteiger partial charge < -0.3 is 20.1 Å². The molecule has 2 N–H and O–H groups in total. The smallest absolute Gasteiger partial charge is 0.253 e. The number of hydrogen-bond acceptors (Lipinski definition) is 5. The molecule has 0 bridgehead atoms. The van der Waals surface area contributed by atoms with Crippen LogP contribution in [0.2, 0.25) is 0 Å². The molecule has 0 aliphatic carbocycles. The number of nitrogens with one attached hydrogen (secondary N) is 2. The molecule has 0 saturated carbocycles. The van der Waals surface area contributed by atoms with Gasteiger partial charge in [0.25, 0.3) is 5.91 Å². The second-order valence-electron chi connectivity index (χ2n) is 6.78. The van der Waals surface area contributed by atoms with Gasteiger partial charge in [0.15, 0.2) is 0 Å². The maximum absolute atomic E-state index is 12.3. The van der Waals surface area contributed by atoms with E-state index in [0.717, 1.165) is 22.7 Å². The van der Waals surface area contributed by atoms with Crippen molar-refractivity contribution in [2.75, 3.05) is 12.4 Å². The number of ether oxygens (including phenoxy) is 2. The van der Waals surface area contributed by atoms with E-state index in [4.69, 9.17) is 9.47 Å². The third kappa shape index (κ3) is 5.97. The monoisotopic (exact) mass is 391 g/mol. The van der Waals surface area contributed by atoms with Crippen LogP contribution in [0.25, 0.3) is 0 Å². The number of amides is 1. The molecule has 3 aromatic rings. The summed E-state index contributed by atoms with van der Waals surface area (Å²) in [4.78, 5) is 16.6. The minimum absolute atomic E-state index is 0.138. The van der Waals surface area contributed by atoms with Crippen LogP contribution >= 0.6 is 0 Å². The fraction of sp³-hybridized carbons (Fsp3) is 0.217. The summed E-state index contributed by atoms with van der Waals surface area (Å²) in [5, 5.41) is 6.10. The summed E-state index contributed by atoms with van der Waals surface area (Å²) < 4.78 is 10.8. The Labute approximate surface area is 170 Å². The van der Waals surface area contributed by atoms with E-state index < -0.39 is 0 Å². The average molecular weight is 391 g/mol. The number of carbonyl (C=O) groups excluding carboxylic acids is 1. The molecule has 150 valence electrons. The molecule has 29 heavy (non-hydrogen) atoms. The Hall–Kier alpha value is -3.54. The molecule has 2 aromatic carbocycles. The standard InChI is InChI=1S/C23H25N3O3/c1-16(2)29-21-11-7-19(8-12-21)26-22-13-6-18(15-24-22)23(27)25-14-17-4-9-20(28-3)10-5-17/h4-13,15-16H,14H2,1-3H3,(H,24,26)(H,25,27). The topological polar surface area (TPSA) is 72.5 Å². The summed E-state index contributed by atoms with van der Waals surface area (Å²) in [6.45, 7) is 4.42. The molecule has 3 rings (SSSR count). The fourth-order valence-corrected chi connectivity index (χ4v) is 2.67. The Balaban J connectivity index is 1.54. The van der Waals surface area contributed by atoms with Gasteiger partial charge >= 0.3 is 0 Å². The summed E-state index contributed by atoms with van der Waals surface area (Å²) in [5.41, 5.74) is 2.39. The highest BCUT2D eigenvalue weighted by Gasteiger charge is 2.07. The van der Waals surface area contributed by atoms with Gasteiger partial charge in [0.2, 0.25) is 0 Å². The van der Waals surface area contributed by atoms with E-state index >= 15 is 0 Å². The molecule has 0 aliphatic heterocycles. The Morgan fingerprint density at radius 2 is 1.66 bits per heavy atom. The predicted octanol–water partition coefficient (Wildman–Crippen LogP) is 4.55. The minimum Gasteiger partial charge on any atom is -0.497 e. The van der Waals surface area contributed by atoms with E-state index in [0.29, 0.717) is 17.9 Å². The lowest BCUT2D eigenvalue weighted by Gasteiger charge is -2.11. The molecule has 1 amide bonds. The van der Waals surface area contributed by atoms with Crippen molar-refractivity contribution >= 4 is 17.4 Å². The quantitative estimate of drug-likeness (QED) is 0.589. The van der Waals surface area contributed by atoms with Crippen LogP contribution in [0.15, 0.2) is 66.9 Å². The molecule has 1 aromatic heterocycles. The molecule has 0 unspecified atom stereocenters. The van der Waals surface area contributed by atoms with Crippen molar-refractivity contribution in [2.45, 2.75) is 26.5 Å². The Kier molecular flexibility index (Phi) is 6.68. The molecule has 0 radical (unpaired) electrons. The zero-order valence-corrected chi connectivity index (χ0v) is 16.8. The summed E-state index contributed by atoms with van der Waals surface area (Å²) in [6.07, 6.45) is 1.70. The van der Waals surface area contributed by atoms with E-state index in [1.807, 2.05) is 62.4 Å². The van der Waals surface area contributed by atoms with E-state index in [1.165, 1.54) is 0 Å². The number of methoxy groups -OCH3 is 1. The van der Waals surface area contributed by atoms with Crippen LogP contribution in [-0.4, -0.2) is 24.1 Å². The predicted molar refractivity (Wildman–Crippen MR) is 114 cm³/mol. The van der Waals surface area contributed by atoms with E-state index in [1.54, 1.807) is 25.4 Å². The van der Waals surface area contributed by atoms with Crippen LogP contribution < -0.4 is 20.1 Å². The first-order valence-electron chi connectivity index (χ1n) is 9.44. The largest absolute Gasteiger partial charge is 0.497 e. The van der Waals surface area contributed by atoms with Crippen LogP contribution in [0, 0.1) is 0 Å². The molecular formula is C23H25N3O3. The number of aromatic nitrogens is 1. The van der Waals surface area contributed by atoms with Gasteiger partial charge in [0.05, 0.1) is 18.8 Å². The number of rotatable bonds is 8. The average Bonchev–Trinajstić information content (AvgIpc) is 2.74. The van der Waals surface area contributed by atoms with E-state index in [2.05, 4.69) is 15.6 Å². The van der Waals surface area contributed by atoms with Crippen LogP contribution in [0.3, 0.4) is 0 Å². The molecule has 6 nitrogen and oxygen atoms in total. The summed E-state index contributed by atoms with van der Waals surface area (Å²) in [5.74, 6) is 2.10. The maximum atomic E-state index is 12.3. The highest BCUT2D eigenvalue weighted by Crippen LogP contribution is 2.20. The molecule has 0 aliphatic rings. The molecule has 0 atom stereocenters. The molecule has 1 heterocycles. The summed E-state index contributed by atoms with van der Waals surface area (Å²) >= 11 is 0. The van der Waals surface area contributed by atoms with Crippen LogP contribution in [-0.2, 0) is 6.54 Å². The molecule has 0 fully saturated rings. The van der Waals surface area contributed by atoms with E-state index in [-0.39, 0.29) is 12.0 Å². The van der Waals surface area contributed by atoms with Gasteiger partial charge in [0.1, 0.15) is 17.3 Å². The highest BCUT2D eigenvalue weighted by atomic mass is 16.5. The fourth-order valence-electron chi connectivity index (χ4n) is 2.67. The molecule has 0 spiro atoms. The first kappa shape index (κ1) is 20.2. The second kappa shape index (κ2) is 9.59. The highest BCUT2D eigenvalue weighted by molar-refractivity contribution is 5.94. The third-order valence-electron chi connectivity index (χ3n) is 4.14. The maximum Gasteiger partial charge on any atom is 0.253 e. The van der Waals surface area contributed by atoms with Gasteiger partial charge in [-0.05, 0) is 67.9 Å². The minimum atomic E-state index is -0.171. The molecule has 0 saturated heterocycles. The SMILES string of the molecule is COc1ccc(CNC(=O)c2ccc(Nc3ccc(OC(C)C)cc3)nc2)cc1. The van der Waals surface area contributed by atoms with Gasteiger partial charge in [-0.2, -0.15) is 0 Å². The second-order valence-corrected chi connectivity index (χ2v) is 6.78. The van der Waals surface area contributed by atoms with Gasteiger partial charge in [-0.1, -0.05) is 12.1 Å².